The van der Waals surface area contributed by atoms with Crippen molar-refractivity contribution in [1.82, 2.24) is 4.98 Å². The van der Waals surface area contributed by atoms with Crippen LogP contribution in [-0.2, 0) is 16.0 Å². The number of fused-ring (bicyclic) bond motifs is 5. The van der Waals surface area contributed by atoms with Crippen LogP contribution in [0.5, 0.6) is 0 Å². The summed E-state index contributed by atoms with van der Waals surface area (Å²) in [5.41, 5.74) is 2.64. The number of halogens is 1. The van der Waals surface area contributed by atoms with Gasteiger partial charge >= 0.3 is 6.01 Å². The fourth-order valence-electron chi connectivity index (χ4n) is 6.99. The molecule has 6 heteroatoms. The molecule has 0 radical (unpaired) electrons. The van der Waals surface area contributed by atoms with Crippen LogP contribution in [-0.4, -0.2) is 16.7 Å². The van der Waals surface area contributed by atoms with Crippen LogP contribution in [0.15, 0.2) is 28.8 Å². The summed E-state index contributed by atoms with van der Waals surface area (Å²) >= 11 is 6.25. The molecule has 1 amide bonds. The van der Waals surface area contributed by atoms with Crippen LogP contribution in [0.25, 0.3) is 0 Å². The minimum absolute atomic E-state index is 0.0797. The number of Topliss-reactive ketones (excluding diaryl/α,β-unsaturated/α-hetero) is 1. The quantitative estimate of drug-likeness (QED) is 0.592. The lowest BCUT2D eigenvalue weighted by molar-refractivity contribution is -0.129. The summed E-state index contributed by atoms with van der Waals surface area (Å²) in [6.45, 7) is 4.01. The average molecular weight is 455 g/mol. The minimum atomic E-state index is -0.201. The van der Waals surface area contributed by atoms with E-state index in [0.29, 0.717) is 48.1 Å². The first-order valence-corrected chi connectivity index (χ1v) is 12.3. The van der Waals surface area contributed by atoms with Gasteiger partial charge in [-0.2, -0.15) is 0 Å². The van der Waals surface area contributed by atoms with Crippen molar-refractivity contribution in [1.29, 1.82) is 0 Å². The van der Waals surface area contributed by atoms with E-state index in [-0.39, 0.29) is 17.3 Å². The van der Waals surface area contributed by atoms with Gasteiger partial charge in [-0.1, -0.05) is 24.6 Å². The Kier molecular flexibility index (Phi) is 5.65. The van der Waals surface area contributed by atoms with E-state index >= 15 is 0 Å². The topological polar surface area (TPSA) is 72.2 Å². The Morgan fingerprint density at radius 3 is 2.97 bits per heavy atom. The van der Waals surface area contributed by atoms with Gasteiger partial charge in [-0.3, -0.25) is 14.9 Å². The van der Waals surface area contributed by atoms with E-state index in [0.717, 1.165) is 43.5 Å². The molecule has 1 aromatic heterocycles. The third-order valence-electron chi connectivity index (χ3n) is 8.38. The summed E-state index contributed by atoms with van der Waals surface area (Å²) < 4.78 is 5.33. The molecule has 0 saturated heterocycles. The van der Waals surface area contributed by atoms with Crippen LogP contribution in [0.2, 0.25) is 5.02 Å². The molecule has 3 aliphatic rings. The van der Waals surface area contributed by atoms with Crippen molar-refractivity contribution in [2.24, 2.45) is 23.2 Å². The number of hydrogen-bond acceptors (Lipinski definition) is 4. The summed E-state index contributed by atoms with van der Waals surface area (Å²) in [6.07, 6.45) is 8.61. The first kappa shape index (κ1) is 21.7. The van der Waals surface area contributed by atoms with E-state index < -0.39 is 0 Å². The number of aryl methyl sites for hydroxylation is 2. The van der Waals surface area contributed by atoms with Crippen molar-refractivity contribution < 1.29 is 14.0 Å². The predicted octanol–water partition coefficient (Wildman–Crippen LogP) is 6.10. The maximum atomic E-state index is 13.1. The zero-order valence-electron chi connectivity index (χ0n) is 18.8. The van der Waals surface area contributed by atoms with Gasteiger partial charge in [0.05, 0.1) is 6.20 Å². The van der Waals surface area contributed by atoms with E-state index in [2.05, 4.69) is 29.4 Å². The predicted molar refractivity (Wildman–Crippen MR) is 124 cm³/mol. The Hall–Kier alpha value is -2.14. The summed E-state index contributed by atoms with van der Waals surface area (Å²) in [7, 11) is 0. The summed E-state index contributed by atoms with van der Waals surface area (Å²) in [5.74, 6) is 2.88. The van der Waals surface area contributed by atoms with E-state index in [1.54, 1.807) is 13.1 Å². The summed E-state index contributed by atoms with van der Waals surface area (Å²) in [5, 5.41) is 3.54. The average Bonchev–Trinajstić information content (AvgIpc) is 3.27. The Labute approximate surface area is 194 Å². The summed E-state index contributed by atoms with van der Waals surface area (Å²) in [6, 6.07) is 6.62. The number of hydrogen-bond donors (Lipinski definition) is 1. The molecule has 32 heavy (non-hydrogen) atoms. The second kappa shape index (κ2) is 8.33. The first-order valence-electron chi connectivity index (χ1n) is 11.9. The Morgan fingerprint density at radius 1 is 1.34 bits per heavy atom. The molecule has 1 heterocycles. The van der Waals surface area contributed by atoms with Gasteiger partial charge in [0, 0.05) is 23.3 Å². The Bertz CT molecular complexity index is 1050. The monoisotopic (exact) mass is 454 g/mol. The maximum absolute atomic E-state index is 13.1. The molecule has 3 unspecified atom stereocenters. The highest BCUT2D eigenvalue weighted by molar-refractivity contribution is 6.30. The smallest absolute Gasteiger partial charge is 0.301 e. The largest absolute Gasteiger partial charge is 0.429 e. The molecule has 3 aliphatic carbocycles. The number of aromatic nitrogens is 1. The lowest BCUT2D eigenvalue weighted by Gasteiger charge is -2.50. The van der Waals surface area contributed by atoms with Crippen LogP contribution in [0.3, 0.4) is 0 Å². The highest BCUT2D eigenvalue weighted by atomic mass is 35.5. The molecule has 5 atom stereocenters. The van der Waals surface area contributed by atoms with E-state index in [1.165, 1.54) is 11.1 Å². The molecule has 170 valence electrons. The van der Waals surface area contributed by atoms with Gasteiger partial charge in [0.1, 0.15) is 11.5 Å². The molecule has 1 aromatic carbocycles. The molecule has 2 fully saturated rings. The van der Waals surface area contributed by atoms with Crippen molar-refractivity contribution in [3.8, 4) is 0 Å². The molecule has 0 spiro atoms. The lowest BCUT2D eigenvalue weighted by Crippen LogP contribution is -2.44. The van der Waals surface area contributed by atoms with Crippen molar-refractivity contribution >= 4 is 29.3 Å². The van der Waals surface area contributed by atoms with Crippen molar-refractivity contribution in [3.63, 3.8) is 0 Å². The fraction of sp³-hybridized carbons (Fsp3) is 0.577. The number of anilines is 1. The highest BCUT2D eigenvalue weighted by Crippen LogP contribution is 2.62. The number of carbonyl (C=O) groups is 2. The second-order valence-electron chi connectivity index (χ2n) is 10.2. The van der Waals surface area contributed by atoms with Gasteiger partial charge in [0.25, 0.3) is 0 Å². The van der Waals surface area contributed by atoms with Crippen molar-refractivity contribution in [3.05, 3.63) is 46.3 Å². The van der Waals surface area contributed by atoms with Crippen LogP contribution in [0, 0.1) is 30.1 Å². The van der Waals surface area contributed by atoms with Crippen LogP contribution in [0.4, 0.5) is 6.01 Å². The summed E-state index contributed by atoms with van der Waals surface area (Å²) in [4.78, 5) is 29.5. The van der Waals surface area contributed by atoms with Crippen molar-refractivity contribution in [2.75, 3.05) is 5.32 Å². The second-order valence-corrected chi connectivity index (χ2v) is 10.7. The van der Waals surface area contributed by atoms with Crippen LogP contribution < -0.4 is 5.32 Å². The molecule has 5 rings (SSSR count). The molecule has 2 aromatic rings. The number of nitrogens with zero attached hydrogens (tertiary/aromatic N) is 1. The molecular formula is C26H31ClN2O3. The third kappa shape index (κ3) is 3.79. The third-order valence-corrected chi connectivity index (χ3v) is 8.61. The molecule has 5 nitrogen and oxygen atoms in total. The molecule has 0 aliphatic heterocycles. The molecule has 1 N–H and O–H groups in total. The fourth-order valence-corrected chi connectivity index (χ4v) is 7.19. The number of rotatable bonds is 5. The number of carbonyl (C=O) groups excluding carboxylic acids is 2. The Morgan fingerprint density at radius 2 is 2.19 bits per heavy atom. The lowest BCUT2D eigenvalue weighted by atomic mass is 9.54. The molecular weight excluding hydrogens is 424 g/mol. The Balaban J connectivity index is 1.27. The number of benzene rings is 1. The minimum Gasteiger partial charge on any atom is -0.429 e. The molecule has 2 saturated carbocycles. The van der Waals surface area contributed by atoms with Gasteiger partial charge < -0.3 is 4.42 Å². The van der Waals surface area contributed by atoms with E-state index in [1.807, 2.05) is 6.07 Å². The maximum Gasteiger partial charge on any atom is 0.301 e. The van der Waals surface area contributed by atoms with Crippen molar-refractivity contribution in [2.45, 2.75) is 71.1 Å². The van der Waals surface area contributed by atoms with Gasteiger partial charge in [-0.15, -0.1) is 0 Å². The zero-order chi connectivity index (χ0) is 22.5. The number of nitrogens with one attached hydrogen (secondary N) is 1. The normalized spacial score (nSPS) is 31.0. The van der Waals surface area contributed by atoms with Gasteiger partial charge in [-0.05, 0) is 92.4 Å². The van der Waals surface area contributed by atoms with Crippen LogP contribution in [0.1, 0.15) is 74.7 Å². The molecule has 0 bridgehead atoms. The SMILES string of the molecule is Cc1cnc(NC(=O)CCC[C@@H]2CC(=O)[C@@]3(C)CCC4c5ccc(Cl)cc5CCC4C23)o1. The van der Waals surface area contributed by atoms with Gasteiger partial charge in [0.15, 0.2) is 0 Å². The van der Waals surface area contributed by atoms with E-state index in [4.69, 9.17) is 16.0 Å². The number of ketones is 1. The zero-order valence-corrected chi connectivity index (χ0v) is 19.6. The number of oxazole rings is 1. The highest BCUT2D eigenvalue weighted by Gasteiger charge is 2.58. The number of amides is 1. The van der Waals surface area contributed by atoms with Crippen LogP contribution >= 0.6 is 11.6 Å². The standard InChI is InChI=1S/C26H31ClN2O3/c1-15-14-28-25(32-15)29-23(31)5-3-4-17-13-22(30)26(2)11-10-20-19-9-7-18(27)12-16(19)6-8-21(20)24(17)26/h7,9,12,14,17,20-21,24H,3-6,8,10-11,13H2,1-2H3,(H,28,29,31)/t17-,20?,21?,24?,26-/m1/s1. The van der Waals surface area contributed by atoms with E-state index in [9.17, 15) is 9.59 Å². The van der Waals surface area contributed by atoms with Gasteiger partial charge in [-0.25, -0.2) is 4.98 Å². The first-order chi connectivity index (χ1) is 15.3. The van der Waals surface area contributed by atoms with Gasteiger partial charge in [0.2, 0.25) is 5.91 Å².